The minimum atomic E-state index is -4.63. The number of benzene rings is 1. The third-order valence-corrected chi connectivity index (χ3v) is 5.56. The Morgan fingerprint density at radius 2 is 1.85 bits per heavy atom. The Morgan fingerprint density at radius 1 is 1.19 bits per heavy atom. The van der Waals surface area contributed by atoms with Crippen LogP contribution in [0.4, 0.5) is 18.9 Å². The molecule has 1 saturated heterocycles. The largest absolute Gasteiger partial charge is 0.471 e. The summed E-state index contributed by atoms with van der Waals surface area (Å²) in [5, 5.41) is 6.86. The van der Waals surface area contributed by atoms with Gasteiger partial charge in [-0.15, -0.1) is 0 Å². The second-order valence-electron chi connectivity index (χ2n) is 7.71. The van der Waals surface area contributed by atoms with E-state index in [-0.39, 0.29) is 11.9 Å². The first-order chi connectivity index (χ1) is 12.9. The Morgan fingerprint density at radius 3 is 2.44 bits per heavy atom. The summed E-state index contributed by atoms with van der Waals surface area (Å²) in [6, 6.07) is 7.33. The third-order valence-electron chi connectivity index (χ3n) is 5.56. The third kappa shape index (κ3) is 4.10. The summed E-state index contributed by atoms with van der Waals surface area (Å²) >= 11 is 0. The fraction of sp³-hybridized carbons (Fsp3) is 0.579. The van der Waals surface area contributed by atoms with Crippen LogP contribution in [0.2, 0.25) is 0 Å². The summed E-state index contributed by atoms with van der Waals surface area (Å²) in [6.07, 6.45) is -0.502. The molecule has 2 fully saturated rings. The highest BCUT2D eigenvalue weighted by atomic mass is 19.4. The second-order valence-corrected chi connectivity index (χ2v) is 7.71. The molecule has 1 saturated carbocycles. The average molecular weight is 380 g/mol. The van der Waals surface area contributed by atoms with E-state index in [9.17, 15) is 13.2 Å². The molecule has 27 heavy (non-hydrogen) atoms. The SMILES string of the molecule is C[C@H](CN1CC2CCCC2C1)Nc1ccc(-c2noc(C(F)(F)F)n2)cc1. The zero-order valence-corrected chi connectivity index (χ0v) is 15.2. The first-order valence-electron chi connectivity index (χ1n) is 9.39. The topological polar surface area (TPSA) is 54.2 Å². The smallest absolute Gasteiger partial charge is 0.381 e. The van der Waals surface area contributed by atoms with Crippen LogP contribution < -0.4 is 5.32 Å². The second kappa shape index (κ2) is 7.14. The van der Waals surface area contributed by atoms with E-state index in [0.29, 0.717) is 5.56 Å². The lowest BCUT2D eigenvalue weighted by Gasteiger charge is -2.23. The van der Waals surface area contributed by atoms with Crippen LogP contribution in [0.1, 0.15) is 32.1 Å². The predicted molar refractivity (Wildman–Crippen MR) is 95.1 cm³/mol. The van der Waals surface area contributed by atoms with Crippen molar-refractivity contribution in [3.05, 3.63) is 30.2 Å². The van der Waals surface area contributed by atoms with Gasteiger partial charge in [0.2, 0.25) is 5.82 Å². The Hall–Kier alpha value is -2.09. The number of nitrogens with one attached hydrogen (secondary N) is 1. The van der Waals surface area contributed by atoms with Crippen LogP contribution in [0.3, 0.4) is 0 Å². The molecule has 0 radical (unpaired) electrons. The van der Waals surface area contributed by atoms with Crippen molar-refractivity contribution in [2.24, 2.45) is 11.8 Å². The van der Waals surface area contributed by atoms with Gasteiger partial charge < -0.3 is 14.7 Å². The molecule has 1 aromatic carbocycles. The summed E-state index contributed by atoms with van der Waals surface area (Å²) < 4.78 is 41.9. The van der Waals surface area contributed by atoms with E-state index in [1.165, 1.54) is 32.4 Å². The Labute approximate surface area is 155 Å². The van der Waals surface area contributed by atoms with Crippen LogP contribution >= 0.6 is 0 Å². The van der Waals surface area contributed by atoms with Gasteiger partial charge in [-0.1, -0.05) is 11.6 Å². The van der Waals surface area contributed by atoms with Gasteiger partial charge in [0.05, 0.1) is 0 Å². The summed E-state index contributed by atoms with van der Waals surface area (Å²) in [5.74, 6) is 0.371. The van der Waals surface area contributed by atoms with E-state index in [4.69, 9.17) is 0 Å². The highest BCUT2D eigenvalue weighted by Gasteiger charge is 2.38. The first kappa shape index (κ1) is 18.3. The molecule has 1 aromatic heterocycles. The lowest BCUT2D eigenvalue weighted by molar-refractivity contribution is -0.159. The molecule has 2 aromatic rings. The van der Waals surface area contributed by atoms with Crippen LogP contribution in [0.15, 0.2) is 28.8 Å². The Bertz CT molecular complexity index is 762. The summed E-state index contributed by atoms with van der Waals surface area (Å²) in [5.41, 5.74) is 1.41. The van der Waals surface area contributed by atoms with Crippen molar-refractivity contribution in [2.45, 2.75) is 38.4 Å². The molecule has 3 atom stereocenters. The van der Waals surface area contributed by atoms with Crippen LogP contribution in [0.5, 0.6) is 0 Å². The fourth-order valence-corrected chi connectivity index (χ4v) is 4.37. The molecule has 5 nitrogen and oxygen atoms in total. The minimum Gasteiger partial charge on any atom is -0.381 e. The Balaban J connectivity index is 1.33. The molecule has 2 heterocycles. The molecule has 0 amide bonds. The molecular formula is C19H23F3N4O. The minimum absolute atomic E-state index is 0.0643. The summed E-state index contributed by atoms with van der Waals surface area (Å²) in [6.45, 7) is 5.55. The maximum atomic E-state index is 12.6. The predicted octanol–water partition coefficient (Wildman–Crippen LogP) is 4.29. The molecule has 1 aliphatic heterocycles. The van der Waals surface area contributed by atoms with Gasteiger partial charge in [-0.3, -0.25) is 0 Å². The standard InChI is InChI=1S/C19H23F3N4O/c1-12(9-26-10-14-3-2-4-15(14)11-26)23-16-7-5-13(6-8-16)17-24-18(27-25-17)19(20,21)22/h5-8,12,14-15,23H,2-4,9-11H2,1H3/t12-,14?,15?/m1/s1. The number of hydrogen-bond acceptors (Lipinski definition) is 5. The number of nitrogens with zero attached hydrogens (tertiary/aromatic N) is 3. The number of fused-ring (bicyclic) bond motifs is 1. The van der Waals surface area contributed by atoms with Gasteiger partial charge in [0, 0.05) is 36.9 Å². The van der Waals surface area contributed by atoms with E-state index < -0.39 is 12.1 Å². The van der Waals surface area contributed by atoms with Crippen LogP contribution in [0, 0.1) is 11.8 Å². The van der Waals surface area contributed by atoms with Gasteiger partial charge in [-0.05, 0) is 55.9 Å². The molecule has 146 valence electrons. The number of alkyl halides is 3. The molecule has 0 bridgehead atoms. The van der Waals surface area contributed by atoms with Crippen molar-refractivity contribution in [1.82, 2.24) is 15.0 Å². The lowest BCUT2D eigenvalue weighted by Crippen LogP contribution is -2.34. The zero-order chi connectivity index (χ0) is 19.0. The van der Waals surface area contributed by atoms with E-state index in [1.807, 2.05) is 12.1 Å². The van der Waals surface area contributed by atoms with Crippen LogP contribution in [0.25, 0.3) is 11.4 Å². The van der Waals surface area contributed by atoms with Crippen molar-refractivity contribution in [3.63, 3.8) is 0 Å². The maximum absolute atomic E-state index is 12.6. The maximum Gasteiger partial charge on any atom is 0.471 e. The van der Waals surface area contributed by atoms with Gasteiger partial charge >= 0.3 is 12.1 Å². The quantitative estimate of drug-likeness (QED) is 0.839. The van der Waals surface area contributed by atoms with Gasteiger partial charge in [-0.2, -0.15) is 18.2 Å². The van der Waals surface area contributed by atoms with Gasteiger partial charge in [-0.25, -0.2) is 0 Å². The van der Waals surface area contributed by atoms with Crippen molar-refractivity contribution in [3.8, 4) is 11.4 Å². The molecule has 1 N–H and O–H groups in total. The van der Waals surface area contributed by atoms with Crippen LogP contribution in [-0.4, -0.2) is 40.7 Å². The van der Waals surface area contributed by atoms with Gasteiger partial charge in [0.1, 0.15) is 0 Å². The van der Waals surface area contributed by atoms with Crippen LogP contribution in [-0.2, 0) is 6.18 Å². The van der Waals surface area contributed by atoms with E-state index in [2.05, 4.69) is 31.8 Å². The number of halogens is 3. The molecule has 2 aliphatic rings. The van der Waals surface area contributed by atoms with Gasteiger partial charge in [0.25, 0.3) is 0 Å². The molecular weight excluding hydrogens is 357 g/mol. The summed E-state index contributed by atoms with van der Waals surface area (Å²) in [4.78, 5) is 5.95. The number of hydrogen-bond donors (Lipinski definition) is 1. The number of aromatic nitrogens is 2. The van der Waals surface area contributed by atoms with Crippen molar-refractivity contribution < 1.29 is 17.7 Å². The molecule has 0 spiro atoms. The average Bonchev–Trinajstić information content (AvgIpc) is 3.30. The fourth-order valence-electron chi connectivity index (χ4n) is 4.37. The molecule has 1 aliphatic carbocycles. The normalized spacial score (nSPS) is 24.1. The van der Waals surface area contributed by atoms with Crippen molar-refractivity contribution in [2.75, 3.05) is 25.0 Å². The Kier molecular flexibility index (Phi) is 4.84. The number of likely N-dealkylation sites (tertiary alicyclic amines) is 1. The lowest BCUT2D eigenvalue weighted by atomic mass is 10.0. The first-order valence-corrected chi connectivity index (χ1v) is 9.39. The molecule has 8 heteroatoms. The molecule has 4 rings (SSSR count). The summed E-state index contributed by atoms with van der Waals surface area (Å²) in [7, 11) is 0. The van der Waals surface area contributed by atoms with Crippen molar-refractivity contribution in [1.29, 1.82) is 0 Å². The van der Waals surface area contributed by atoms with E-state index in [0.717, 1.165) is 24.1 Å². The number of anilines is 1. The monoisotopic (exact) mass is 380 g/mol. The van der Waals surface area contributed by atoms with E-state index in [1.54, 1.807) is 12.1 Å². The number of rotatable bonds is 5. The highest BCUT2D eigenvalue weighted by Crippen LogP contribution is 2.37. The van der Waals surface area contributed by atoms with Gasteiger partial charge in [0.15, 0.2) is 0 Å². The zero-order valence-electron chi connectivity index (χ0n) is 15.2. The van der Waals surface area contributed by atoms with Crippen molar-refractivity contribution >= 4 is 5.69 Å². The molecule has 2 unspecified atom stereocenters. The van der Waals surface area contributed by atoms with E-state index >= 15 is 0 Å². The highest BCUT2D eigenvalue weighted by molar-refractivity contribution is 5.59.